The zero-order valence-corrected chi connectivity index (χ0v) is 21.2. The lowest BCUT2D eigenvalue weighted by Crippen LogP contribution is -2.11. The molecule has 0 saturated heterocycles. The number of aromatic nitrogens is 3. The Balaban J connectivity index is 1.49. The molecule has 1 unspecified atom stereocenters. The van der Waals surface area contributed by atoms with E-state index in [2.05, 4.69) is 136 Å². The molecular formula is C34H28N4. The van der Waals surface area contributed by atoms with Gasteiger partial charge in [0.15, 0.2) is 0 Å². The Morgan fingerprint density at radius 1 is 0.605 bits per heavy atom. The molecule has 6 rings (SSSR count). The summed E-state index contributed by atoms with van der Waals surface area (Å²) in [4.78, 5) is 7.04. The number of hydrogen-bond donors (Lipinski definition) is 1. The highest BCUT2D eigenvalue weighted by Crippen LogP contribution is 2.39. The van der Waals surface area contributed by atoms with Crippen LogP contribution in [0.4, 0.5) is 17.1 Å². The topological polar surface area (TPSA) is 44.8 Å². The Morgan fingerprint density at radius 2 is 1.26 bits per heavy atom. The molecule has 0 fully saturated rings. The minimum absolute atomic E-state index is 0.0216. The summed E-state index contributed by atoms with van der Waals surface area (Å²) in [5.74, 6) is 0.0216. The first-order valence-electron chi connectivity index (χ1n) is 12.8. The SMILES string of the molecule is Cc1cc(-c2cccc(N(c3ccccc3)c3cccc(C(c4ccccc4)c4ccccn4)c3)c2)n[nH]1. The molecule has 0 radical (unpaired) electrons. The highest BCUT2D eigenvalue weighted by molar-refractivity contribution is 5.79. The lowest BCUT2D eigenvalue weighted by atomic mass is 9.88. The highest BCUT2D eigenvalue weighted by atomic mass is 15.1. The molecule has 4 heteroatoms. The summed E-state index contributed by atoms with van der Waals surface area (Å²) in [5, 5.41) is 7.55. The van der Waals surface area contributed by atoms with E-state index in [-0.39, 0.29) is 5.92 Å². The first kappa shape index (κ1) is 23.4. The van der Waals surface area contributed by atoms with Crippen LogP contribution in [0.3, 0.4) is 0 Å². The van der Waals surface area contributed by atoms with Crippen LogP contribution in [-0.2, 0) is 0 Å². The van der Waals surface area contributed by atoms with Gasteiger partial charge < -0.3 is 4.90 Å². The van der Waals surface area contributed by atoms with Crippen molar-refractivity contribution in [1.29, 1.82) is 0 Å². The van der Waals surface area contributed by atoms with Crippen molar-refractivity contribution in [3.63, 3.8) is 0 Å². The van der Waals surface area contributed by atoms with Gasteiger partial charge in [-0.1, -0.05) is 78.9 Å². The highest BCUT2D eigenvalue weighted by Gasteiger charge is 2.20. The van der Waals surface area contributed by atoms with Crippen molar-refractivity contribution in [2.75, 3.05) is 4.90 Å². The fourth-order valence-electron chi connectivity index (χ4n) is 4.96. The Kier molecular flexibility index (Phi) is 6.52. The summed E-state index contributed by atoms with van der Waals surface area (Å²) in [6.45, 7) is 2.02. The number of nitrogens with one attached hydrogen (secondary N) is 1. The lowest BCUT2D eigenvalue weighted by molar-refractivity contribution is 0.918. The smallest absolute Gasteiger partial charge is 0.0924 e. The molecule has 0 bridgehead atoms. The van der Waals surface area contributed by atoms with Crippen molar-refractivity contribution < 1.29 is 0 Å². The van der Waals surface area contributed by atoms with Gasteiger partial charge >= 0.3 is 0 Å². The second-order valence-electron chi connectivity index (χ2n) is 9.35. The van der Waals surface area contributed by atoms with Crippen molar-refractivity contribution in [2.24, 2.45) is 0 Å². The van der Waals surface area contributed by atoms with Gasteiger partial charge in [0.1, 0.15) is 0 Å². The normalized spacial score (nSPS) is 11.7. The van der Waals surface area contributed by atoms with Crippen LogP contribution in [-0.4, -0.2) is 15.2 Å². The molecule has 2 heterocycles. The largest absolute Gasteiger partial charge is 0.310 e. The molecule has 1 atom stereocenters. The van der Waals surface area contributed by atoms with E-state index in [0.717, 1.165) is 39.7 Å². The summed E-state index contributed by atoms with van der Waals surface area (Å²) in [5.41, 5.74) is 9.72. The van der Waals surface area contributed by atoms with Gasteiger partial charge in [0.05, 0.1) is 17.3 Å². The number of pyridine rings is 1. The van der Waals surface area contributed by atoms with Crippen molar-refractivity contribution >= 4 is 17.1 Å². The summed E-state index contributed by atoms with van der Waals surface area (Å²) in [7, 11) is 0. The van der Waals surface area contributed by atoms with E-state index in [4.69, 9.17) is 4.98 Å². The first-order valence-corrected chi connectivity index (χ1v) is 12.8. The van der Waals surface area contributed by atoms with Gasteiger partial charge in [0.2, 0.25) is 0 Å². The third-order valence-corrected chi connectivity index (χ3v) is 6.70. The van der Waals surface area contributed by atoms with Gasteiger partial charge in [-0.2, -0.15) is 5.10 Å². The average molecular weight is 493 g/mol. The van der Waals surface area contributed by atoms with E-state index >= 15 is 0 Å². The molecule has 0 aliphatic rings. The van der Waals surface area contributed by atoms with Crippen LogP contribution >= 0.6 is 0 Å². The maximum Gasteiger partial charge on any atom is 0.0924 e. The summed E-state index contributed by atoms with van der Waals surface area (Å²) >= 11 is 0. The van der Waals surface area contributed by atoms with Gasteiger partial charge in [-0.05, 0) is 72.6 Å². The fraction of sp³-hybridized carbons (Fsp3) is 0.0588. The average Bonchev–Trinajstić information content (AvgIpc) is 3.42. The van der Waals surface area contributed by atoms with E-state index in [0.29, 0.717) is 0 Å². The number of aromatic amines is 1. The number of nitrogens with zero attached hydrogens (tertiary/aromatic N) is 3. The molecule has 184 valence electrons. The monoisotopic (exact) mass is 492 g/mol. The third-order valence-electron chi connectivity index (χ3n) is 6.70. The van der Waals surface area contributed by atoms with Crippen molar-refractivity contribution in [2.45, 2.75) is 12.8 Å². The van der Waals surface area contributed by atoms with Crippen LogP contribution in [0, 0.1) is 6.92 Å². The molecule has 1 N–H and O–H groups in total. The second-order valence-corrected chi connectivity index (χ2v) is 9.35. The van der Waals surface area contributed by atoms with Crippen LogP contribution in [0.15, 0.2) is 140 Å². The van der Waals surface area contributed by atoms with Crippen LogP contribution in [0.5, 0.6) is 0 Å². The van der Waals surface area contributed by atoms with E-state index < -0.39 is 0 Å². The van der Waals surface area contributed by atoms with Gasteiger partial charge in [-0.3, -0.25) is 10.1 Å². The number of H-pyrrole nitrogens is 1. The molecule has 0 amide bonds. The molecule has 4 nitrogen and oxygen atoms in total. The van der Waals surface area contributed by atoms with Crippen molar-refractivity contribution in [3.05, 3.63) is 162 Å². The lowest BCUT2D eigenvalue weighted by Gasteiger charge is -2.27. The van der Waals surface area contributed by atoms with Gasteiger partial charge in [-0.15, -0.1) is 0 Å². The van der Waals surface area contributed by atoms with Crippen LogP contribution in [0.25, 0.3) is 11.3 Å². The number of aryl methyl sites for hydroxylation is 1. The van der Waals surface area contributed by atoms with Crippen LogP contribution < -0.4 is 4.90 Å². The summed E-state index contributed by atoms with van der Waals surface area (Å²) in [6, 6.07) is 46.6. The Hall–Kier alpha value is -4.96. The molecule has 0 saturated carbocycles. The second kappa shape index (κ2) is 10.6. The standard InChI is InChI=1S/C34H28N4/c1-25-22-33(37-36-25)27-14-10-18-30(23-27)38(29-16-6-3-7-17-29)31-19-11-15-28(24-31)34(26-12-4-2-5-13-26)32-20-8-9-21-35-32/h2-24,34H,1H3,(H,36,37). The third kappa shape index (κ3) is 4.84. The molecule has 38 heavy (non-hydrogen) atoms. The van der Waals surface area contributed by atoms with Gasteiger partial charge in [-0.25, -0.2) is 0 Å². The number of para-hydroxylation sites is 1. The maximum absolute atomic E-state index is 4.75. The van der Waals surface area contributed by atoms with E-state index in [1.54, 1.807) is 0 Å². The zero-order valence-electron chi connectivity index (χ0n) is 21.2. The van der Waals surface area contributed by atoms with Crippen molar-refractivity contribution in [1.82, 2.24) is 15.2 Å². The summed E-state index contributed by atoms with van der Waals surface area (Å²) in [6.07, 6.45) is 1.87. The molecule has 6 aromatic rings. The fourth-order valence-corrected chi connectivity index (χ4v) is 4.96. The molecule has 2 aromatic heterocycles. The van der Waals surface area contributed by atoms with E-state index in [1.165, 1.54) is 11.1 Å². The number of anilines is 3. The number of hydrogen-bond acceptors (Lipinski definition) is 3. The minimum Gasteiger partial charge on any atom is -0.310 e. The molecule has 0 aliphatic carbocycles. The zero-order chi connectivity index (χ0) is 25.7. The molecule has 0 aliphatic heterocycles. The maximum atomic E-state index is 4.75. The van der Waals surface area contributed by atoms with E-state index in [9.17, 15) is 0 Å². The van der Waals surface area contributed by atoms with Gasteiger partial charge in [0.25, 0.3) is 0 Å². The molecule has 4 aromatic carbocycles. The minimum atomic E-state index is 0.0216. The van der Waals surface area contributed by atoms with Crippen LogP contribution in [0.1, 0.15) is 28.4 Å². The Bertz CT molecular complexity index is 1590. The predicted octanol–water partition coefficient (Wildman–Crippen LogP) is 8.43. The van der Waals surface area contributed by atoms with Gasteiger partial charge in [0, 0.05) is 34.5 Å². The summed E-state index contributed by atoms with van der Waals surface area (Å²) < 4.78 is 0. The Morgan fingerprint density at radius 3 is 1.97 bits per heavy atom. The number of rotatable bonds is 7. The first-order chi connectivity index (χ1) is 18.8. The Labute approximate surface area is 223 Å². The molecule has 0 spiro atoms. The van der Waals surface area contributed by atoms with Crippen LogP contribution in [0.2, 0.25) is 0 Å². The molecular weight excluding hydrogens is 464 g/mol. The van der Waals surface area contributed by atoms with E-state index in [1.807, 2.05) is 25.3 Å². The quantitative estimate of drug-likeness (QED) is 0.243. The predicted molar refractivity (Wildman–Crippen MR) is 155 cm³/mol. The van der Waals surface area contributed by atoms with Crippen molar-refractivity contribution in [3.8, 4) is 11.3 Å². The number of benzene rings is 4.